The van der Waals surface area contributed by atoms with Gasteiger partial charge in [0, 0.05) is 28.5 Å². The van der Waals surface area contributed by atoms with Crippen molar-refractivity contribution in [3.05, 3.63) is 50.9 Å². The van der Waals surface area contributed by atoms with Crippen LogP contribution in [0, 0.1) is 17.8 Å². The molecular weight excluding hydrogens is 390 g/mol. The zero-order chi connectivity index (χ0) is 20.5. The average molecular weight is 406 g/mol. The molecule has 6 N–H and O–H groups in total. The van der Waals surface area contributed by atoms with Gasteiger partial charge >= 0.3 is 0 Å². The molecule has 4 rings (SSSR count). The normalized spacial score (nSPS) is 29.4. The molecule has 4 atom stereocenters. The number of hydrogen-bond acceptors (Lipinski definition) is 7. The molecule has 3 unspecified atom stereocenters. The summed E-state index contributed by atoms with van der Waals surface area (Å²) in [5.41, 5.74) is 4.21. The van der Waals surface area contributed by atoms with E-state index in [-0.39, 0.29) is 34.6 Å². The molecule has 3 aliphatic rings. The molecule has 0 aliphatic heterocycles. The van der Waals surface area contributed by atoms with Crippen LogP contribution in [0.5, 0.6) is 5.75 Å². The molecule has 8 nitrogen and oxygen atoms in total. The van der Waals surface area contributed by atoms with Crippen LogP contribution < -0.4 is 5.73 Å². The third-order valence-electron chi connectivity index (χ3n) is 5.81. The van der Waals surface area contributed by atoms with Crippen LogP contribution in [0.3, 0.4) is 0 Å². The molecule has 0 aromatic heterocycles. The van der Waals surface area contributed by atoms with Crippen molar-refractivity contribution in [3.8, 4) is 5.75 Å². The summed E-state index contributed by atoms with van der Waals surface area (Å²) >= 11 is 6.12. The highest BCUT2D eigenvalue weighted by Gasteiger charge is 2.52. The van der Waals surface area contributed by atoms with Crippen molar-refractivity contribution in [1.82, 2.24) is 0 Å². The molecule has 0 heterocycles. The lowest BCUT2D eigenvalue weighted by atomic mass is 9.61. The van der Waals surface area contributed by atoms with Crippen LogP contribution in [0.1, 0.15) is 34.9 Å². The van der Waals surface area contributed by atoms with Crippen molar-refractivity contribution in [2.45, 2.75) is 18.9 Å². The topological polar surface area (TPSA) is 158 Å². The molecule has 146 valence electrons. The lowest BCUT2D eigenvalue weighted by Crippen LogP contribution is -2.44. The molecule has 0 spiro atoms. The van der Waals surface area contributed by atoms with E-state index in [1.165, 1.54) is 12.1 Å². The maximum Gasteiger partial charge on any atom is 0.255 e. The molecule has 1 aromatic carbocycles. The van der Waals surface area contributed by atoms with Gasteiger partial charge in [0.2, 0.25) is 0 Å². The Kier molecular flexibility index (Phi) is 4.02. The van der Waals surface area contributed by atoms with E-state index in [9.17, 15) is 34.8 Å². The monoisotopic (exact) mass is 405 g/mol. The molecule has 0 radical (unpaired) electrons. The Morgan fingerprint density at radius 3 is 2.50 bits per heavy atom. The fourth-order valence-electron chi connectivity index (χ4n) is 4.63. The Labute approximate surface area is 163 Å². The number of Topliss-reactive ketones (excluding diaryl/α,β-unsaturated/α-hetero) is 2. The van der Waals surface area contributed by atoms with Crippen molar-refractivity contribution in [2.75, 3.05) is 0 Å². The number of rotatable bonds is 1. The summed E-state index contributed by atoms with van der Waals surface area (Å²) in [6.45, 7) is 0. The van der Waals surface area contributed by atoms with Gasteiger partial charge in [-0.15, -0.1) is 0 Å². The average Bonchev–Trinajstić information content (AvgIpc) is 2.60. The van der Waals surface area contributed by atoms with Crippen molar-refractivity contribution < 1.29 is 34.8 Å². The zero-order valence-corrected chi connectivity index (χ0v) is 15.1. The summed E-state index contributed by atoms with van der Waals surface area (Å²) < 4.78 is 0. The number of fused-ring (bicyclic) bond motifs is 3. The molecule has 1 aromatic rings. The molecule has 9 heteroatoms. The summed E-state index contributed by atoms with van der Waals surface area (Å²) in [6.07, 6.45) is -1.32. The first-order chi connectivity index (χ1) is 13.1. The van der Waals surface area contributed by atoms with Gasteiger partial charge < -0.3 is 26.2 Å². The Morgan fingerprint density at radius 2 is 1.86 bits per heavy atom. The molecule has 0 bridgehead atoms. The second kappa shape index (κ2) is 6.08. The maximum atomic E-state index is 13.0. The number of aliphatic hydroxyl groups excluding tert-OH is 3. The van der Waals surface area contributed by atoms with Gasteiger partial charge in [0.1, 0.15) is 22.8 Å². The number of phenols is 1. The van der Waals surface area contributed by atoms with Crippen LogP contribution in [-0.4, -0.2) is 37.9 Å². The number of aliphatic hydroxyl groups is 3. The largest absolute Gasteiger partial charge is 0.511 e. The number of primary amides is 1. The Bertz CT molecular complexity index is 1030. The highest BCUT2D eigenvalue weighted by molar-refractivity contribution is 6.32. The van der Waals surface area contributed by atoms with E-state index in [2.05, 4.69) is 0 Å². The smallest absolute Gasteiger partial charge is 0.255 e. The minimum Gasteiger partial charge on any atom is -0.511 e. The number of phenolic OH excluding ortho intramolecular Hbond substituents is 1. The molecule has 0 saturated carbocycles. The van der Waals surface area contributed by atoms with E-state index in [1.54, 1.807) is 0 Å². The maximum absolute atomic E-state index is 13.0. The van der Waals surface area contributed by atoms with Crippen LogP contribution >= 0.6 is 11.6 Å². The summed E-state index contributed by atoms with van der Waals surface area (Å²) in [5.74, 6) is -6.93. The number of benzene rings is 1. The minimum absolute atomic E-state index is 0.0615. The van der Waals surface area contributed by atoms with Crippen LogP contribution in [0.25, 0.3) is 0 Å². The number of nitrogens with two attached hydrogens (primary N) is 1. The number of carbonyl (C=O) groups is 3. The second-order valence-corrected chi connectivity index (χ2v) is 7.67. The quantitative estimate of drug-likeness (QED) is 0.444. The SMILES string of the molecule is NC(=O)C1=C(O)CC2CC3C(=C(O)C2C1=O)C(=O)c1c(O)ccc(Cl)c1[C@H]3O. The van der Waals surface area contributed by atoms with Crippen molar-refractivity contribution in [1.29, 1.82) is 0 Å². The van der Waals surface area contributed by atoms with E-state index in [1.807, 2.05) is 0 Å². The van der Waals surface area contributed by atoms with E-state index in [4.69, 9.17) is 17.3 Å². The van der Waals surface area contributed by atoms with Gasteiger partial charge in [0.25, 0.3) is 5.91 Å². The number of ketones is 2. The fourth-order valence-corrected chi connectivity index (χ4v) is 4.90. The first kappa shape index (κ1) is 18.5. The Hall–Kier alpha value is -2.84. The van der Waals surface area contributed by atoms with E-state index in [0.717, 1.165) is 0 Å². The number of hydrogen-bond donors (Lipinski definition) is 5. The summed E-state index contributed by atoms with van der Waals surface area (Å²) in [7, 11) is 0. The number of halogens is 1. The Morgan fingerprint density at radius 1 is 1.18 bits per heavy atom. The van der Waals surface area contributed by atoms with Crippen LogP contribution in [-0.2, 0) is 9.59 Å². The van der Waals surface area contributed by atoms with E-state index in [0.29, 0.717) is 0 Å². The molecule has 0 fully saturated rings. The second-order valence-electron chi connectivity index (χ2n) is 7.26. The van der Waals surface area contributed by atoms with Gasteiger partial charge in [0.15, 0.2) is 11.6 Å². The van der Waals surface area contributed by atoms with Gasteiger partial charge in [0.05, 0.1) is 17.6 Å². The summed E-state index contributed by atoms with van der Waals surface area (Å²) in [4.78, 5) is 37.3. The van der Waals surface area contributed by atoms with Crippen LogP contribution in [0.4, 0.5) is 0 Å². The molecule has 0 saturated heterocycles. The van der Waals surface area contributed by atoms with Crippen molar-refractivity contribution in [2.24, 2.45) is 23.5 Å². The lowest BCUT2D eigenvalue weighted by Gasteiger charge is -2.42. The van der Waals surface area contributed by atoms with Crippen LogP contribution in [0.15, 0.2) is 34.8 Å². The van der Waals surface area contributed by atoms with E-state index < -0.39 is 64.2 Å². The molecule has 28 heavy (non-hydrogen) atoms. The predicted molar refractivity (Wildman–Crippen MR) is 95.6 cm³/mol. The van der Waals surface area contributed by atoms with E-state index >= 15 is 0 Å². The van der Waals surface area contributed by atoms with Gasteiger partial charge in [-0.05, 0) is 24.5 Å². The lowest BCUT2D eigenvalue weighted by molar-refractivity contribution is -0.126. The molecule has 3 aliphatic carbocycles. The summed E-state index contributed by atoms with van der Waals surface area (Å²) in [5, 5.41) is 41.9. The highest BCUT2D eigenvalue weighted by atomic mass is 35.5. The standard InChI is InChI=1S/C19H16ClNO7/c20-7-1-2-8(22)13-12(7)15(24)6-3-5-4-9(23)14(19(21)28)17(26)10(5)16(25)11(6)18(13)27/h1-2,5-6,10,15,22-25H,3-4H2,(H2,21,28)/t5?,6?,10?,15-/m0/s1. The van der Waals surface area contributed by atoms with Crippen molar-refractivity contribution >= 4 is 29.1 Å². The van der Waals surface area contributed by atoms with Crippen molar-refractivity contribution in [3.63, 3.8) is 0 Å². The first-order valence-electron chi connectivity index (χ1n) is 8.58. The predicted octanol–water partition coefficient (Wildman–Crippen LogP) is 1.61. The molecule has 1 amide bonds. The highest BCUT2D eigenvalue weighted by Crippen LogP contribution is 2.53. The zero-order valence-electron chi connectivity index (χ0n) is 14.3. The number of aromatic hydroxyl groups is 1. The first-order valence-corrected chi connectivity index (χ1v) is 8.96. The third-order valence-corrected chi connectivity index (χ3v) is 6.14. The van der Waals surface area contributed by atoms with Gasteiger partial charge in [-0.25, -0.2) is 0 Å². The summed E-state index contributed by atoms with van der Waals surface area (Å²) in [6, 6.07) is 2.55. The van der Waals surface area contributed by atoms with Gasteiger partial charge in [-0.3, -0.25) is 14.4 Å². The van der Waals surface area contributed by atoms with Gasteiger partial charge in [-0.2, -0.15) is 0 Å². The Balaban J connectivity index is 1.91. The fraction of sp³-hybridized carbons (Fsp3) is 0.316. The third kappa shape index (κ3) is 2.31. The number of carbonyl (C=O) groups excluding carboxylic acids is 3. The number of amides is 1. The number of allylic oxidation sites excluding steroid dienone is 2. The van der Waals surface area contributed by atoms with Gasteiger partial charge in [-0.1, -0.05) is 11.6 Å². The van der Waals surface area contributed by atoms with Crippen LogP contribution in [0.2, 0.25) is 5.02 Å². The minimum atomic E-state index is -1.30. The molecular formula is C19H16ClNO7.